The van der Waals surface area contributed by atoms with Gasteiger partial charge in [0.1, 0.15) is 23.0 Å². The number of anilines is 2. The molecule has 0 radical (unpaired) electrons. The maximum Gasteiger partial charge on any atom is 0.301 e. The Labute approximate surface area is 375 Å². The summed E-state index contributed by atoms with van der Waals surface area (Å²) in [5.74, 6) is -2.20. The fraction of sp³-hybridized carbons (Fsp3) is 0.391. The number of aromatic nitrogens is 3. The van der Waals surface area contributed by atoms with Crippen molar-refractivity contribution in [2.24, 2.45) is 0 Å². The first-order valence-electron chi connectivity index (χ1n) is 21.8. The van der Waals surface area contributed by atoms with Gasteiger partial charge < -0.3 is 19.5 Å². The monoisotopic (exact) mass is 911 g/mol. The number of aromatic amines is 1. The van der Waals surface area contributed by atoms with E-state index in [-0.39, 0.29) is 30.3 Å². The van der Waals surface area contributed by atoms with E-state index in [4.69, 9.17) is 9.72 Å². The number of carbonyl (C=O) groups is 4. The molecule has 3 fully saturated rings. The number of H-pyrrole nitrogens is 1. The Hall–Kier alpha value is -6.31. The molecule has 3 aromatic heterocycles. The Morgan fingerprint density at radius 2 is 1.66 bits per heavy atom. The molecule has 19 heteroatoms. The Bertz CT molecular complexity index is 2680. The minimum atomic E-state index is -4.14. The number of rotatable bonds is 15. The standard InChI is InChI=1S/C46H51F2N9O7S/c1-3-54(2)65(62,63)53-37-12-11-36(47)42(43(37)48)44(60)35-28-51-45-34(35)25-32(27-50-45)31-8-14-39(49-26-31)56-23-21-55(22-24-56)18-4-5-41(59)57-19-16-30(17-20-57)29-6-9-33(10-7-29)64-38-13-15-40(58)52-46(38)61/h6-12,14,25-28,30,38,53H,3-5,13,15-24H2,1-2H3,(H,50,51)(H,52,58,61). The molecule has 0 bridgehead atoms. The van der Waals surface area contributed by atoms with Crippen LogP contribution in [0.25, 0.3) is 22.2 Å². The molecule has 3 aliphatic rings. The number of hydrogen-bond acceptors (Lipinski definition) is 11. The highest BCUT2D eigenvalue weighted by Crippen LogP contribution is 2.32. The number of ketones is 1. The van der Waals surface area contributed by atoms with E-state index in [0.29, 0.717) is 54.2 Å². The molecule has 1 unspecified atom stereocenters. The minimum Gasteiger partial charge on any atom is -0.481 e. The number of benzene rings is 2. The number of halogens is 2. The van der Waals surface area contributed by atoms with Crippen LogP contribution in [0.3, 0.4) is 0 Å². The molecule has 3 amide bonds. The number of piperidine rings is 2. The van der Waals surface area contributed by atoms with Crippen LogP contribution in [0.1, 0.15) is 72.9 Å². The first-order valence-corrected chi connectivity index (χ1v) is 23.3. The molecule has 65 heavy (non-hydrogen) atoms. The molecule has 0 spiro atoms. The molecule has 3 aliphatic heterocycles. The quantitative estimate of drug-likeness (QED) is 0.0921. The lowest BCUT2D eigenvalue weighted by Gasteiger charge is -2.35. The fourth-order valence-corrected chi connectivity index (χ4v) is 9.43. The average molecular weight is 912 g/mol. The van der Waals surface area contributed by atoms with Gasteiger partial charge in [0.2, 0.25) is 17.6 Å². The van der Waals surface area contributed by atoms with Gasteiger partial charge in [0.05, 0.1) is 11.3 Å². The Balaban J connectivity index is 0.793. The van der Waals surface area contributed by atoms with Crippen molar-refractivity contribution in [2.75, 3.05) is 69.0 Å². The number of nitrogens with zero attached hydrogens (tertiary/aromatic N) is 6. The predicted molar refractivity (Wildman–Crippen MR) is 240 cm³/mol. The van der Waals surface area contributed by atoms with Gasteiger partial charge in [0.25, 0.3) is 5.91 Å². The number of likely N-dealkylation sites (tertiary alicyclic amines) is 1. The van der Waals surface area contributed by atoms with Gasteiger partial charge in [-0.25, -0.2) is 18.7 Å². The third kappa shape index (κ3) is 10.2. The predicted octanol–water partition coefficient (Wildman–Crippen LogP) is 5.23. The van der Waals surface area contributed by atoms with Crippen LogP contribution in [-0.4, -0.2) is 126 Å². The molecule has 1 atom stereocenters. The second-order valence-corrected chi connectivity index (χ2v) is 18.4. The number of carbonyl (C=O) groups excluding carboxylic acids is 4. The highest BCUT2D eigenvalue weighted by atomic mass is 32.2. The second kappa shape index (κ2) is 19.4. The van der Waals surface area contributed by atoms with Crippen molar-refractivity contribution in [3.8, 4) is 16.9 Å². The first kappa shape index (κ1) is 45.3. The SMILES string of the molecule is CCN(C)S(=O)(=O)Nc1ccc(F)c(C(=O)c2c[nH]c3ncc(-c4ccc(N5CCN(CCCC(=O)N6CCC(c7ccc(OC8CCC(=O)NC8=O)cc7)CC6)CC5)nc4)cc23)c1F. The summed E-state index contributed by atoms with van der Waals surface area (Å²) < 4.78 is 64.6. The van der Waals surface area contributed by atoms with Gasteiger partial charge in [-0.3, -0.25) is 34.1 Å². The zero-order valence-corrected chi connectivity index (χ0v) is 37.0. The number of piperazine rings is 1. The molecule has 8 rings (SSSR count). The summed E-state index contributed by atoms with van der Waals surface area (Å²) >= 11 is 0. The number of amides is 3. The molecule has 2 aromatic carbocycles. The lowest BCUT2D eigenvalue weighted by molar-refractivity contribution is -0.139. The Morgan fingerprint density at radius 1 is 0.923 bits per heavy atom. The lowest BCUT2D eigenvalue weighted by Crippen LogP contribution is -2.47. The number of pyridine rings is 2. The largest absolute Gasteiger partial charge is 0.481 e. The van der Waals surface area contributed by atoms with Gasteiger partial charge in [-0.1, -0.05) is 19.1 Å². The maximum atomic E-state index is 15.6. The third-order valence-corrected chi connectivity index (χ3v) is 14.1. The van der Waals surface area contributed by atoms with Crippen molar-refractivity contribution >= 4 is 56.3 Å². The van der Waals surface area contributed by atoms with Gasteiger partial charge in [0, 0.05) is 113 Å². The third-order valence-electron chi connectivity index (χ3n) is 12.5. The summed E-state index contributed by atoms with van der Waals surface area (Å²) in [5, 5.41) is 2.64. The van der Waals surface area contributed by atoms with E-state index in [1.54, 1.807) is 25.4 Å². The van der Waals surface area contributed by atoms with Gasteiger partial charge in [-0.2, -0.15) is 12.7 Å². The smallest absolute Gasteiger partial charge is 0.301 e. The summed E-state index contributed by atoms with van der Waals surface area (Å²) in [6, 6.07) is 15.1. The van der Waals surface area contributed by atoms with Crippen LogP contribution < -0.4 is 19.7 Å². The molecule has 3 N–H and O–H groups in total. The molecule has 16 nitrogen and oxygen atoms in total. The van der Waals surface area contributed by atoms with E-state index in [2.05, 4.69) is 29.8 Å². The maximum absolute atomic E-state index is 15.6. The normalized spacial score (nSPS) is 17.7. The number of nitrogens with one attached hydrogen (secondary N) is 3. The van der Waals surface area contributed by atoms with Crippen molar-refractivity contribution in [3.05, 3.63) is 102 Å². The fourth-order valence-electron chi connectivity index (χ4n) is 8.50. The van der Waals surface area contributed by atoms with Crippen molar-refractivity contribution in [3.63, 3.8) is 0 Å². The van der Waals surface area contributed by atoms with E-state index in [0.717, 1.165) is 79.8 Å². The summed E-state index contributed by atoms with van der Waals surface area (Å²) in [6.07, 6.45) is 7.65. The summed E-state index contributed by atoms with van der Waals surface area (Å²) in [5.41, 5.74) is 1.37. The Kier molecular flexibility index (Phi) is 13.5. The summed E-state index contributed by atoms with van der Waals surface area (Å²) in [6.45, 7) is 7.16. The average Bonchev–Trinajstić information content (AvgIpc) is 3.75. The summed E-state index contributed by atoms with van der Waals surface area (Å²) in [7, 11) is -2.84. The van der Waals surface area contributed by atoms with Crippen LogP contribution in [0.15, 0.2) is 73.2 Å². The molecular weight excluding hydrogens is 861 g/mol. The number of fused-ring (bicyclic) bond motifs is 1. The highest BCUT2D eigenvalue weighted by molar-refractivity contribution is 7.90. The first-order chi connectivity index (χ1) is 31.3. The van der Waals surface area contributed by atoms with E-state index in [1.165, 1.54) is 18.8 Å². The Morgan fingerprint density at radius 3 is 2.35 bits per heavy atom. The molecule has 0 saturated carbocycles. The minimum absolute atomic E-state index is 0.0355. The molecule has 6 heterocycles. The van der Waals surface area contributed by atoms with Crippen molar-refractivity contribution in [1.29, 1.82) is 0 Å². The number of ether oxygens (including phenoxy) is 1. The van der Waals surface area contributed by atoms with Crippen LogP contribution in [-0.2, 0) is 24.6 Å². The topological polar surface area (TPSA) is 190 Å². The van der Waals surface area contributed by atoms with Gasteiger partial charge in [-0.15, -0.1) is 0 Å². The molecule has 342 valence electrons. The highest BCUT2D eigenvalue weighted by Gasteiger charge is 2.30. The number of hydrogen-bond donors (Lipinski definition) is 3. The van der Waals surface area contributed by atoms with Gasteiger partial charge in [0.15, 0.2) is 11.9 Å². The second-order valence-electron chi connectivity index (χ2n) is 16.6. The van der Waals surface area contributed by atoms with E-state index < -0.39 is 50.9 Å². The van der Waals surface area contributed by atoms with Crippen molar-refractivity contribution in [2.45, 2.75) is 57.5 Å². The van der Waals surface area contributed by atoms with Crippen LogP contribution in [0, 0.1) is 11.6 Å². The van der Waals surface area contributed by atoms with Crippen LogP contribution in [0.5, 0.6) is 5.75 Å². The summed E-state index contributed by atoms with van der Waals surface area (Å²) in [4.78, 5) is 68.8. The van der Waals surface area contributed by atoms with Crippen LogP contribution in [0.4, 0.5) is 20.3 Å². The van der Waals surface area contributed by atoms with Crippen molar-refractivity contribution in [1.82, 2.24) is 34.4 Å². The zero-order chi connectivity index (χ0) is 45.8. The van der Waals surface area contributed by atoms with Crippen molar-refractivity contribution < 1.29 is 41.1 Å². The zero-order valence-electron chi connectivity index (χ0n) is 36.2. The van der Waals surface area contributed by atoms with Gasteiger partial charge >= 0.3 is 10.2 Å². The van der Waals surface area contributed by atoms with Gasteiger partial charge in [-0.05, 0) is 79.8 Å². The van der Waals surface area contributed by atoms with E-state index >= 15 is 8.78 Å². The van der Waals surface area contributed by atoms with E-state index in [9.17, 15) is 27.6 Å². The molecular formula is C46H51F2N9O7S. The number of imide groups is 1. The van der Waals surface area contributed by atoms with E-state index in [1.807, 2.05) is 41.3 Å². The molecule has 0 aliphatic carbocycles. The molecule has 5 aromatic rings. The van der Waals surface area contributed by atoms with Crippen LogP contribution in [0.2, 0.25) is 0 Å². The molecule has 3 saturated heterocycles. The van der Waals surface area contributed by atoms with Crippen LogP contribution >= 0.6 is 0 Å². The lowest BCUT2D eigenvalue weighted by atomic mass is 9.89.